The lowest BCUT2D eigenvalue weighted by Gasteiger charge is -2.31. The lowest BCUT2D eigenvalue weighted by molar-refractivity contribution is -0.128. The first-order valence-electron chi connectivity index (χ1n) is 10.0. The number of nitrogens with one attached hydrogen (secondary N) is 2. The van der Waals surface area contributed by atoms with Crippen molar-refractivity contribution < 1.29 is 19.4 Å². The molecule has 0 fully saturated rings. The van der Waals surface area contributed by atoms with Crippen molar-refractivity contribution in [3.63, 3.8) is 0 Å². The van der Waals surface area contributed by atoms with Crippen LogP contribution in [0, 0.1) is 0 Å². The van der Waals surface area contributed by atoms with Gasteiger partial charge in [-0.15, -0.1) is 0 Å². The van der Waals surface area contributed by atoms with E-state index >= 15 is 0 Å². The molecule has 1 aromatic heterocycles. The Morgan fingerprint density at radius 2 is 1.87 bits per heavy atom. The van der Waals surface area contributed by atoms with Crippen LogP contribution in [0.1, 0.15) is 30.6 Å². The molecule has 0 bridgehead atoms. The number of aromatic nitrogens is 1. The third-order valence-electron chi connectivity index (χ3n) is 4.92. The van der Waals surface area contributed by atoms with Gasteiger partial charge < -0.3 is 20.5 Å². The van der Waals surface area contributed by atoms with Gasteiger partial charge in [0.2, 0.25) is 11.8 Å². The first-order valence-corrected chi connectivity index (χ1v) is 10.0. The molecule has 158 valence electrons. The van der Waals surface area contributed by atoms with Crippen LogP contribution in [0.15, 0.2) is 66.9 Å². The Morgan fingerprint density at radius 3 is 2.57 bits per heavy atom. The van der Waals surface area contributed by atoms with Crippen LogP contribution in [-0.4, -0.2) is 46.8 Å². The van der Waals surface area contributed by atoms with Gasteiger partial charge in [0.05, 0.1) is 37.6 Å². The number of carbonyl (C=O) groups is 2. The lowest BCUT2D eigenvalue weighted by atomic mass is 10.0. The smallest absolute Gasteiger partial charge is 0.226 e. The number of rotatable bonds is 8. The van der Waals surface area contributed by atoms with Crippen LogP contribution in [0.25, 0.3) is 0 Å². The van der Waals surface area contributed by atoms with Crippen molar-refractivity contribution in [3.05, 3.63) is 78.1 Å². The van der Waals surface area contributed by atoms with Crippen LogP contribution in [0.4, 0.5) is 0 Å². The molecule has 1 aromatic carbocycles. The van der Waals surface area contributed by atoms with E-state index in [2.05, 4.69) is 15.6 Å². The van der Waals surface area contributed by atoms with Crippen LogP contribution >= 0.6 is 0 Å². The zero-order valence-electron chi connectivity index (χ0n) is 16.9. The Kier molecular flexibility index (Phi) is 7.70. The highest BCUT2D eigenvalue weighted by atomic mass is 16.5. The number of aliphatic hydroxyl groups excluding tert-OH is 1. The van der Waals surface area contributed by atoms with E-state index < -0.39 is 18.2 Å². The highest BCUT2D eigenvalue weighted by molar-refractivity contribution is 5.79. The Labute approximate surface area is 176 Å². The molecular weight excluding hydrogens is 382 g/mol. The summed E-state index contributed by atoms with van der Waals surface area (Å²) < 4.78 is 5.83. The molecule has 0 saturated carbocycles. The molecular formula is C23H27N3O4. The molecule has 1 aliphatic rings. The second-order valence-corrected chi connectivity index (χ2v) is 7.28. The highest BCUT2D eigenvalue weighted by Gasteiger charge is 2.29. The minimum atomic E-state index is -0.618. The molecule has 2 heterocycles. The number of benzene rings is 1. The SMILES string of the molecule is C[C@@H](NC(=O)C[C@@H]1C=C[C@H](NC(=O)Cc2ccccn2)[C@@H](CO)O1)c1ccccc1. The van der Waals surface area contributed by atoms with E-state index in [9.17, 15) is 14.7 Å². The molecule has 3 rings (SSSR count). The monoisotopic (exact) mass is 409 g/mol. The number of hydrogen-bond donors (Lipinski definition) is 3. The summed E-state index contributed by atoms with van der Waals surface area (Å²) in [5, 5.41) is 15.5. The fourth-order valence-electron chi connectivity index (χ4n) is 3.35. The molecule has 2 aromatic rings. The molecule has 0 unspecified atom stereocenters. The second kappa shape index (κ2) is 10.7. The summed E-state index contributed by atoms with van der Waals surface area (Å²) in [5.41, 5.74) is 1.69. The normalized spacial score (nSPS) is 21.6. The molecule has 30 heavy (non-hydrogen) atoms. The van der Waals surface area contributed by atoms with Crippen LogP contribution < -0.4 is 10.6 Å². The van der Waals surface area contributed by atoms with Gasteiger partial charge in [-0.2, -0.15) is 0 Å². The van der Waals surface area contributed by atoms with Crippen LogP contribution in [0.2, 0.25) is 0 Å². The second-order valence-electron chi connectivity index (χ2n) is 7.28. The summed E-state index contributed by atoms with van der Waals surface area (Å²) in [6, 6.07) is 14.5. The Hall–Kier alpha value is -3.03. The minimum absolute atomic E-state index is 0.112. The minimum Gasteiger partial charge on any atom is -0.394 e. The van der Waals surface area contributed by atoms with Gasteiger partial charge in [0.1, 0.15) is 6.10 Å². The maximum absolute atomic E-state index is 12.4. The number of pyridine rings is 1. The number of ether oxygens (including phenoxy) is 1. The van der Waals surface area contributed by atoms with E-state index in [4.69, 9.17) is 4.74 Å². The summed E-state index contributed by atoms with van der Waals surface area (Å²) in [5.74, 6) is -0.353. The first-order chi connectivity index (χ1) is 14.5. The van der Waals surface area contributed by atoms with Crippen molar-refractivity contribution in [2.75, 3.05) is 6.61 Å². The molecule has 0 spiro atoms. The predicted molar refractivity (Wildman–Crippen MR) is 112 cm³/mol. The third-order valence-corrected chi connectivity index (χ3v) is 4.92. The number of aliphatic hydroxyl groups is 1. The fraction of sp³-hybridized carbons (Fsp3) is 0.348. The maximum Gasteiger partial charge on any atom is 0.226 e. The Bertz CT molecular complexity index is 857. The number of nitrogens with zero attached hydrogens (tertiary/aromatic N) is 1. The van der Waals surface area contributed by atoms with Crippen LogP contribution in [0.3, 0.4) is 0 Å². The average Bonchev–Trinajstić information content (AvgIpc) is 2.76. The van der Waals surface area contributed by atoms with Gasteiger partial charge in [0.25, 0.3) is 0 Å². The zero-order valence-corrected chi connectivity index (χ0v) is 16.9. The van der Waals surface area contributed by atoms with Crippen LogP contribution in [-0.2, 0) is 20.7 Å². The number of carbonyl (C=O) groups excluding carboxylic acids is 2. The molecule has 0 aliphatic carbocycles. The van der Waals surface area contributed by atoms with Crippen molar-refractivity contribution in [2.24, 2.45) is 0 Å². The van der Waals surface area contributed by atoms with E-state index in [-0.39, 0.29) is 37.3 Å². The zero-order chi connectivity index (χ0) is 21.3. The number of amides is 2. The van der Waals surface area contributed by atoms with Gasteiger partial charge in [-0.05, 0) is 24.6 Å². The molecule has 3 N–H and O–H groups in total. The molecule has 0 saturated heterocycles. The summed E-state index contributed by atoms with van der Waals surface area (Å²) in [6.45, 7) is 1.66. The summed E-state index contributed by atoms with van der Waals surface area (Å²) in [4.78, 5) is 28.8. The topological polar surface area (TPSA) is 101 Å². The molecule has 1 aliphatic heterocycles. The van der Waals surface area contributed by atoms with E-state index in [1.54, 1.807) is 30.5 Å². The standard InChI is InChI=1S/C23H27N3O4/c1-16(17-7-3-2-4-8-17)25-23(29)14-19-10-11-20(21(15-27)30-19)26-22(28)13-18-9-5-6-12-24-18/h2-12,16,19-21,27H,13-15H2,1H3,(H,25,29)(H,26,28)/t16-,19+,20+,21-/m1/s1. The van der Waals surface area contributed by atoms with Gasteiger partial charge in [-0.25, -0.2) is 0 Å². The third kappa shape index (κ3) is 6.23. The van der Waals surface area contributed by atoms with Crippen molar-refractivity contribution in [1.29, 1.82) is 0 Å². The largest absolute Gasteiger partial charge is 0.394 e. The highest BCUT2D eigenvalue weighted by Crippen LogP contribution is 2.17. The summed E-state index contributed by atoms with van der Waals surface area (Å²) in [7, 11) is 0. The fourth-order valence-corrected chi connectivity index (χ4v) is 3.35. The van der Waals surface area contributed by atoms with E-state index in [0.717, 1.165) is 5.56 Å². The van der Waals surface area contributed by atoms with Crippen molar-refractivity contribution >= 4 is 11.8 Å². The molecule has 7 nitrogen and oxygen atoms in total. The molecule has 0 radical (unpaired) electrons. The first kappa shape index (κ1) is 21.7. The van der Waals surface area contributed by atoms with E-state index in [0.29, 0.717) is 5.69 Å². The quantitative estimate of drug-likeness (QED) is 0.576. The Balaban J connectivity index is 1.51. The van der Waals surface area contributed by atoms with Gasteiger partial charge >= 0.3 is 0 Å². The van der Waals surface area contributed by atoms with E-state index in [1.807, 2.05) is 43.3 Å². The van der Waals surface area contributed by atoms with Crippen molar-refractivity contribution in [3.8, 4) is 0 Å². The van der Waals surface area contributed by atoms with E-state index in [1.165, 1.54) is 0 Å². The van der Waals surface area contributed by atoms with Gasteiger partial charge in [-0.1, -0.05) is 48.6 Å². The predicted octanol–water partition coefficient (Wildman–Crippen LogP) is 1.69. The molecule has 7 heteroatoms. The van der Waals surface area contributed by atoms with Crippen molar-refractivity contribution in [2.45, 2.75) is 44.1 Å². The Morgan fingerprint density at radius 1 is 1.10 bits per heavy atom. The maximum atomic E-state index is 12.4. The molecule has 2 amide bonds. The number of hydrogen-bond acceptors (Lipinski definition) is 5. The summed E-state index contributed by atoms with van der Waals surface area (Å²) >= 11 is 0. The summed E-state index contributed by atoms with van der Waals surface area (Å²) in [6.07, 6.45) is 4.37. The lowest BCUT2D eigenvalue weighted by Crippen LogP contribution is -2.49. The molecule has 4 atom stereocenters. The van der Waals surface area contributed by atoms with Gasteiger partial charge in [0, 0.05) is 11.9 Å². The van der Waals surface area contributed by atoms with Crippen molar-refractivity contribution in [1.82, 2.24) is 15.6 Å². The van der Waals surface area contributed by atoms with Crippen LogP contribution in [0.5, 0.6) is 0 Å². The average molecular weight is 409 g/mol. The van der Waals surface area contributed by atoms with Gasteiger partial charge in [-0.3, -0.25) is 14.6 Å². The van der Waals surface area contributed by atoms with Gasteiger partial charge in [0.15, 0.2) is 0 Å².